The number of para-hydroxylation sites is 1. The molecule has 0 aromatic heterocycles. The Kier molecular flexibility index (Phi) is 4.33. The van der Waals surface area contributed by atoms with Gasteiger partial charge in [-0.15, -0.1) is 0 Å². The van der Waals surface area contributed by atoms with Crippen LogP contribution >= 0.6 is 0 Å². The number of halogens is 1. The van der Waals surface area contributed by atoms with E-state index in [0.717, 1.165) is 29.6 Å². The highest BCUT2D eigenvalue weighted by molar-refractivity contribution is 7.89. The molecule has 0 saturated carbocycles. The largest absolute Gasteiger partial charge is 0.395 e. The van der Waals surface area contributed by atoms with Gasteiger partial charge in [-0.3, -0.25) is 10.1 Å². The van der Waals surface area contributed by atoms with E-state index in [-0.39, 0.29) is 6.54 Å². The molecule has 0 aliphatic heterocycles. The lowest BCUT2D eigenvalue weighted by Gasteiger charge is -2.15. The number of aliphatic hydroxyl groups is 1. The number of hydrogen-bond acceptors (Lipinski definition) is 5. The molecule has 0 amide bonds. The van der Waals surface area contributed by atoms with E-state index >= 15 is 0 Å². The van der Waals surface area contributed by atoms with Gasteiger partial charge < -0.3 is 5.11 Å². The van der Waals surface area contributed by atoms with Gasteiger partial charge in [0, 0.05) is 13.6 Å². The fraction of sp³-hybridized carbons (Fsp3) is 0.333. The predicted octanol–water partition coefficient (Wildman–Crippen LogP) is 0.347. The van der Waals surface area contributed by atoms with Crippen molar-refractivity contribution in [1.29, 1.82) is 0 Å². The maximum Gasteiger partial charge on any atom is 0.324 e. The maximum absolute atomic E-state index is 13.3. The maximum atomic E-state index is 13.3. The summed E-state index contributed by atoms with van der Waals surface area (Å²) in [6.07, 6.45) is 0. The first-order valence-electron chi connectivity index (χ1n) is 4.82. The lowest BCUT2D eigenvalue weighted by molar-refractivity contribution is -0.390. The van der Waals surface area contributed by atoms with Gasteiger partial charge in [0.1, 0.15) is 0 Å². The molecule has 0 atom stereocenters. The first-order chi connectivity index (χ1) is 8.32. The van der Waals surface area contributed by atoms with Crippen LogP contribution in [0.25, 0.3) is 0 Å². The molecule has 0 aliphatic rings. The SMILES string of the molecule is CN(CCO)S(=O)(=O)c1cccc(F)c1[N+](=O)[O-]. The van der Waals surface area contributed by atoms with Crippen LogP contribution in [-0.4, -0.2) is 43.0 Å². The van der Waals surface area contributed by atoms with Crippen LogP contribution in [-0.2, 0) is 10.0 Å². The Balaban J connectivity index is 3.42. The van der Waals surface area contributed by atoms with E-state index in [1.54, 1.807) is 0 Å². The second kappa shape index (κ2) is 5.38. The number of likely N-dealkylation sites (N-methyl/N-ethyl adjacent to an activating group) is 1. The van der Waals surface area contributed by atoms with E-state index < -0.39 is 38.0 Å². The van der Waals surface area contributed by atoms with Crippen LogP contribution in [0, 0.1) is 15.9 Å². The first kappa shape index (κ1) is 14.5. The van der Waals surface area contributed by atoms with Crippen LogP contribution in [0.5, 0.6) is 0 Å². The summed E-state index contributed by atoms with van der Waals surface area (Å²) in [5.74, 6) is -1.22. The summed E-state index contributed by atoms with van der Waals surface area (Å²) in [7, 11) is -3.07. The van der Waals surface area contributed by atoms with E-state index in [1.807, 2.05) is 0 Å². The lowest BCUT2D eigenvalue weighted by atomic mass is 10.3. The second-order valence-corrected chi connectivity index (χ2v) is 5.41. The van der Waals surface area contributed by atoms with Crippen LogP contribution in [0.15, 0.2) is 23.1 Å². The Bertz CT molecular complexity index is 560. The van der Waals surface area contributed by atoms with Gasteiger partial charge in [-0.1, -0.05) is 6.07 Å². The molecule has 7 nitrogen and oxygen atoms in total. The third kappa shape index (κ3) is 2.63. The molecule has 0 saturated heterocycles. The zero-order valence-corrected chi connectivity index (χ0v) is 10.2. The van der Waals surface area contributed by atoms with Gasteiger partial charge in [-0.2, -0.15) is 8.70 Å². The van der Waals surface area contributed by atoms with Crippen LogP contribution < -0.4 is 0 Å². The van der Waals surface area contributed by atoms with E-state index in [9.17, 15) is 22.9 Å². The number of nitro groups is 1. The average Bonchev–Trinajstić information content (AvgIpc) is 2.28. The summed E-state index contributed by atoms with van der Waals surface area (Å²) in [5.41, 5.74) is -1.10. The molecule has 0 unspecified atom stereocenters. The third-order valence-corrected chi connectivity index (χ3v) is 4.12. The quantitative estimate of drug-likeness (QED) is 0.618. The highest BCUT2D eigenvalue weighted by Gasteiger charge is 2.31. The molecule has 0 aliphatic carbocycles. The highest BCUT2D eigenvalue weighted by atomic mass is 32.2. The van der Waals surface area contributed by atoms with Crippen LogP contribution in [0.1, 0.15) is 0 Å². The van der Waals surface area contributed by atoms with Crippen LogP contribution in [0.2, 0.25) is 0 Å². The van der Waals surface area contributed by atoms with Gasteiger partial charge in [0.25, 0.3) is 0 Å². The fourth-order valence-electron chi connectivity index (χ4n) is 1.31. The van der Waals surface area contributed by atoms with Gasteiger partial charge in [-0.05, 0) is 12.1 Å². The van der Waals surface area contributed by atoms with E-state index in [1.165, 1.54) is 0 Å². The Morgan fingerprint density at radius 2 is 2.11 bits per heavy atom. The normalized spacial score (nSPS) is 11.8. The van der Waals surface area contributed by atoms with Crippen molar-refractivity contribution in [2.75, 3.05) is 20.2 Å². The Morgan fingerprint density at radius 3 is 2.61 bits per heavy atom. The van der Waals surface area contributed by atoms with Crippen LogP contribution in [0.3, 0.4) is 0 Å². The average molecular weight is 278 g/mol. The molecule has 0 spiro atoms. The molecule has 0 radical (unpaired) electrons. The number of benzene rings is 1. The van der Waals surface area contributed by atoms with Crippen molar-refractivity contribution in [2.24, 2.45) is 0 Å². The third-order valence-electron chi connectivity index (χ3n) is 2.24. The summed E-state index contributed by atoms with van der Waals surface area (Å²) < 4.78 is 37.9. The van der Waals surface area contributed by atoms with E-state index in [2.05, 4.69) is 0 Å². The molecule has 0 heterocycles. The molecule has 1 aromatic rings. The Labute approximate surface area is 103 Å². The van der Waals surface area contributed by atoms with Gasteiger partial charge >= 0.3 is 5.69 Å². The molecule has 0 fully saturated rings. The van der Waals surface area contributed by atoms with Gasteiger partial charge in [0.2, 0.25) is 15.8 Å². The Morgan fingerprint density at radius 1 is 1.50 bits per heavy atom. The summed E-state index contributed by atoms with van der Waals surface area (Å²) in [6.45, 7) is -0.686. The summed E-state index contributed by atoms with van der Waals surface area (Å²) >= 11 is 0. The van der Waals surface area contributed by atoms with Crippen LogP contribution in [0.4, 0.5) is 10.1 Å². The number of nitrogens with zero attached hydrogens (tertiary/aromatic N) is 2. The molecule has 100 valence electrons. The monoisotopic (exact) mass is 278 g/mol. The standard InChI is InChI=1S/C9H11FN2O5S/c1-11(5-6-13)18(16,17)8-4-2-3-7(10)9(8)12(14)15/h2-4,13H,5-6H2,1H3. The number of nitro benzene ring substituents is 1. The number of rotatable bonds is 5. The topological polar surface area (TPSA) is 101 Å². The Hall–Kier alpha value is -1.58. The predicted molar refractivity (Wildman–Crippen MR) is 60.0 cm³/mol. The summed E-state index contributed by atoms with van der Waals surface area (Å²) in [6, 6.07) is 2.83. The van der Waals surface area contributed by atoms with Crippen molar-refractivity contribution in [3.05, 3.63) is 34.1 Å². The first-order valence-corrected chi connectivity index (χ1v) is 6.26. The molecular weight excluding hydrogens is 267 g/mol. The van der Waals surface area contributed by atoms with Gasteiger partial charge in [0.15, 0.2) is 4.90 Å². The minimum atomic E-state index is -4.21. The molecular formula is C9H11FN2O5S. The minimum absolute atomic E-state index is 0.240. The highest BCUT2D eigenvalue weighted by Crippen LogP contribution is 2.28. The fourth-order valence-corrected chi connectivity index (χ4v) is 2.63. The van der Waals surface area contributed by atoms with Crippen molar-refractivity contribution >= 4 is 15.7 Å². The number of hydrogen-bond donors (Lipinski definition) is 1. The molecule has 18 heavy (non-hydrogen) atoms. The van der Waals surface area contributed by atoms with Gasteiger partial charge in [-0.25, -0.2) is 8.42 Å². The molecule has 9 heteroatoms. The molecule has 1 N–H and O–H groups in total. The summed E-state index contributed by atoms with van der Waals surface area (Å²) in [5, 5.41) is 19.4. The number of sulfonamides is 1. The summed E-state index contributed by atoms with van der Waals surface area (Å²) in [4.78, 5) is 8.88. The van der Waals surface area contributed by atoms with Crippen molar-refractivity contribution in [2.45, 2.75) is 4.90 Å². The molecule has 1 aromatic carbocycles. The zero-order chi connectivity index (χ0) is 13.9. The van der Waals surface area contributed by atoms with Crippen molar-refractivity contribution in [3.63, 3.8) is 0 Å². The van der Waals surface area contributed by atoms with Gasteiger partial charge in [0.05, 0.1) is 11.5 Å². The lowest BCUT2D eigenvalue weighted by Crippen LogP contribution is -2.30. The molecule has 1 rings (SSSR count). The zero-order valence-electron chi connectivity index (χ0n) is 9.41. The smallest absolute Gasteiger partial charge is 0.324 e. The number of aliphatic hydroxyl groups excluding tert-OH is 1. The van der Waals surface area contributed by atoms with Crippen molar-refractivity contribution < 1.29 is 22.8 Å². The second-order valence-electron chi connectivity index (χ2n) is 3.39. The molecule has 0 bridgehead atoms. The van der Waals surface area contributed by atoms with E-state index in [4.69, 9.17) is 5.11 Å². The van der Waals surface area contributed by atoms with Crippen molar-refractivity contribution in [3.8, 4) is 0 Å². The minimum Gasteiger partial charge on any atom is -0.395 e. The van der Waals surface area contributed by atoms with E-state index in [0.29, 0.717) is 0 Å². The van der Waals surface area contributed by atoms with Crippen molar-refractivity contribution in [1.82, 2.24) is 4.31 Å².